The minimum atomic E-state index is 0.443. The van der Waals surface area contributed by atoms with Crippen molar-refractivity contribution in [3.63, 3.8) is 0 Å². The maximum absolute atomic E-state index is 6.21. The molecule has 0 aliphatic carbocycles. The van der Waals surface area contributed by atoms with E-state index in [1.54, 1.807) is 0 Å². The van der Waals surface area contributed by atoms with Crippen molar-refractivity contribution in [1.82, 2.24) is 5.32 Å². The molecule has 0 aromatic heterocycles. The standard InChI is InChI=1S/C14H21Cl2NS/c1-4-17-13(9-18-10(2)3)8-11-7-12(15)5-6-14(11)16/h5-7,10,13,17H,4,8-9H2,1-3H3. The van der Waals surface area contributed by atoms with Gasteiger partial charge in [-0.25, -0.2) is 0 Å². The molecule has 1 rings (SSSR count). The minimum Gasteiger partial charge on any atom is -0.313 e. The third-order valence-corrected chi connectivity index (χ3v) is 4.46. The maximum atomic E-state index is 6.21. The summed E-state index contributed by atoms with van der Waals surface area (Å²) in [6.07, 6.45) is 0.924. The van der Waals surface area contributed by atoms with E-state index in [0.717, 1.165) is 34.3 Å². The summed E-state index contributed by atoms with van der Waals surface area (Å²) in [5.41, 5.74) is 1.12. The summed E-state index contributed by atoms with van der Waals surface area (Å²) in [5, 5.41) is 5.72. The van der Waals surface area contributed by atoms with Crippen LogP contribution in [0, 0.1) is 0 Å². The van der Waals surface area contributed by atoms with Gasteiger partial charge in [-0.05, 0) is 42.0 Å². The van der Waals surface area contributed by atoms with Gasteiger partial charge in [0.25, 0.3) is 0 Å². The molecule has 0 saturated carbocycles. The van der Waals surface area contributed by atoms with Crippen LogP contribution in [0.5, 0.6) is 0 Å². The molecule has 1 atom stereocenters. The summed E-state index contributed by atoms with van der Waals surface area (Å²) < 4.78 is 0. The summed E-state index contributed by atoms with van der Waals surface area (Å²) in [4.78, 5) is 0. The molecule has 1 aromatic carbocycles. The lowest BCUT2D eigenvalue weighted by atomic mass is 10.1. The number of likely N-dealkylation sites (N-methyl/N-ethyl adjacent to an activating group) is 1. The smallest absolute Gasteiger partial charge is 0.0439 e. The molecule has 102 valence electrons. The Morgan fingerprint density at radius 1 is 1.28 bits per heavy atom. The third-order valence-electron chi connectivity index (χ3n) is 2.60. The van der Waals surface area contributed by atoms with Crippen molar-refractivity contribution >= 4 is 35.0 Å². The van der Waals surface area contributed by atoms with E-state index in [-0.39, 0.29) is 0 Å². The molecule has 0 saturated heterocycles. The Hall–Kier alpha value is 0.110. The highest BCUT2D eigenvalue weighted by Gasteiger charge is 2.12. The van der Waals surface area contributed by atoms with E-state index in [0.29, 0.717) is 11.3 Å². The first-order chi connectivity index (χ1) is 8.52. The van der Waals surface area contributed by atoms with Gasteiger partial charge in [0, 0.05) is 21.8 Å². The third kappa shape index (κ3) is 5.83. The summed E-state index contributed by atoms with van der Waals surface area (Å²) in [6, 6.07) is 6.11. The Morgan fingerprint density at radius 3 is 2.61 bits per heavy atom. The lowest BCUT2D eigenvalue weighted by Crippen LogP contribution is -2.33. The van der Waals surface area contributed by atoms with Crippen LogP contribution < -0.4 is 5.32 Å². The Morgan fingerprint density at radius 2 is 2.00 bits per heavy atom. The normalized spacial score (nSPS) is 13.0. The Kier molecular flexibility index (Phi) is 7.47. The Bertz CT molecular complexity index is 369. The molecule has 1 N–H and O–H groups in total. The SMILES string of the molecule is CCNC(CSC(C)C)Cc1cc(Cl)ccc1Cl. The quantitative estimate of drug-likeness (QED) is 0.786. The summed E-state index contributed by atoms with van der Waals surface area (Å²) in [5.74, 6) is 1.09. The lowest BCUT2D eigenvalue weighted by molar-refractivity contribution is 0.572. The zero-order valence-electron chi connectivity index (χ0n) is 11.2. The van der Waals surface area contributed by atoms with Gasteiger partial charge in [-0.1, -0.05) is 44.0 Å². The molecule has 1 unspecified atom stereocenters. The van der Waals surface area contributed by atoms with Gasteiger partial charge in [0.1, 0.15) is 0 Å². The highest BCUT2D eigenvalue weighted by Crippen LogP contribution is 2.23. The molecule has 0 heterocycles. The molecule has 0 amide bonds. The van der Waals surface area contributed by atoms with E-state index in [1.807, 2.05) is 30.0 Å². The van der Waals surface area contributed by atoms with E-state index in [4.69, 9.17) is 23.2 Å². The molecule has 0 spiro atoms. The monoisotopic (exact) mass is 305 g/mol. The first-order valence-electron chi connectivity index (χ1n) is 6.31. The molecule has 0 fully saturated rings. The molecule has 4 heteroatoms. The fraction of sp³-hybridized carbons (Fsp3) is 0.571. The van der Waals surface area contributed by atoms with E-state index < -0.39 is 0 Å². The molecule has 0 radical (unpaired) electrons. The van der Waals surface area contributed by atoms with Crippen LogP contribution in [-0.2, 0) is 6.42 Å². The number of nitrogens with one attached hydrogen (secondary N) is 1. The average Bonchev–Trinajstić information content (AvgIpc) is 2.31. The largest absolute Gasteiger partial charge is 0.313 e. The van der Waals surface area contributed by atoms with E-state index in [1.165, 1.54) is 0 Å². The number of thioether (sulfide) groups is 1. The van der Waals surface area contributed by atoms with Crippen LogP contribution in [0.15, 0.2) is 18.2 Å². The van der Waals surface area contributed by atoms with Gasteiger partial charge in [0.05, 0.1) is 0 Å². The second-order valence-corrected chi connectivity index (χ2v) is 7.03. The summed E-state index contributed by atoms with van der Waals surface area (Å²) in [6.45, 7) is 7.55. The van der Waals surface area contributed by atoms with Crippen molar-refractivity contribution in [1.29, 1.82) is 0 Å². The van der Waals surface area contributed by atoms with Gasteiger partial charge < -0.3 is 5.32 Å². The Labute approximate surface area is 125 Å². The number of benzene rings is 1. The van der Waals surface area contributed by atoms with E-state index in [2.05, 4.69) is 26.1 Å². The van der Waals surface area contributed by atoms with Gasteiger partial charge in [-0.2, -0.15) is 11.8 Å². The van der Waals surface area contributed by atoms with Crippen molar-refractivity contribution in [2.45, 2.75) is 38.5 Å². The average molecular weight is 306 g/mol. The van der Waals surface area contributed by atoms with Crippen LogP contribution in [0.1, 0.15) is 26.3 Å². The number of hydrogen-bond acceptors (Lipinski definition) is 2. The second-order valence-electron chi connectivity index (χ2n) is 4.58. The molecule has 1 nitrogen and oxygen atoms in total. The highest BCUT2D eigenvalue weighted by atomic mass is 35.5. The second kappa shape index (κ2) is 8.31. The minimum absolute atomic E-state index is 0.443. The van der Waals surface area contributed by atoms with Crippen LogP contribution >= 0.6 is 35.0 Å². The molecule has 1 aromatic rings. The van der Waals surface area contributed by atoms with Gasteiger partial charge in [0.2, 0.25) is 0 Å². The zero-order chi connectivity index (χ0) is 13.5. The molecule has 0 aliphatic heterocycles. The van der Waals surface area contributed by atoms with Gasteiger partial charge in [-0.15, -0.1) is 0 Å². The van der Waals surface area contributed by atoms with Gasteiger partial charge in [0.15, 0.2) is 0 Å². The van der Waals surface area contributed by atoms with E-state index >= 15 is 0 Å². The van der Waals surface area contributed by atoms with Crippen molar-refractivity contribution in [2.24, 2.45) is 0 Å². The molecule has 0 aliphatic rings. The lowest BCUT2D eigenvalue weighted by Gasteiger charge is -2.19. The first kappa shape index (κ1) is 16.2. The van der Waals surface area contributed by atoms with Crippen molar-refractivity contribution in [3.05, 3.63) is 33.8 Å². The summed E-state index contributed by atoms with van der Waals surface area (Å²) >= 11 is 14.2. The fourth-order valence-corrected chi connectivity index (χ4v) is 2.99. The molecular formula is C14H21Cl2NS. The van der Waals surface area contributed by atoms with Crippen LogP contribution in [0.2, 0.25) is 10.0 Å². The number of hydrogen-bond donors (Lipinski definition) is 1. The zero-order valence-corrected chi connectivity index (χ0v) is 13.5. The van der Waals surface area contributed by atoms with Gasteiger partial charge >= 0.3 is 0 Å². The van der Waals surface area contributed by atoms with Crippen LogP contribution in [0.3, 0.4) is 0 Å². The van der Waals surface area contributed by atoms with Crippen LogP contribution in [-0.4, -0.2) is 23.6 Å². The Balaban J connectivity index is 2.66. The van der Waals surface area contributed by atoms with Crippen molar-refractivity contribution < 1.29 is 0 Å². The fourth-order valence-electron chi connectivity index (χ4n) is 1.75. The van der Waals surface area contributed by atoms with Crippen LogP contribution in [0.25, 0.3) is 0 Å². The van der Waals surface area contributed by atoms with Crippen molar-refractivity contribution in [2.75, 3.05) is 12.3 Å². The molecule has 18 heavy (non-hydrogen) atoms. The predicted molar refractivity (Wildman–Crippen MR) is 85.2 cm³/mol. The van der Waals surface area contributed by atoms with Crippen LogP contribution in [0.4, 0.5) is 0 Å². The maximum Gasteiger partial charge on any atom is 0.0439 e. The van der Waals surface area contributed by atoms with Gasteiger partial charge in [-0.3, -0.25) is 0 Å². The first-order valence-corrected chi connectivity index (χ1v) is 8.12. The summed E-state index contributed by atoms with van der Waals surface area (Å²) in [7, 11) is 0. The highest BCUT2D eigenvalue weighted by molar-refractivity contribution is 7.99. The van der Waals surface area contributed by atoms with E-state index in [9.17, 15) is 0 Å². The topological polar surface area (TPSA) is 12.0 Å². The number of rotatable bonds is 7. The molecular weight excluding hydrogens is 285 g/mol. The molecule has 0 bridgehead atoms. The van der Waals surface area contributed by atoms with Crippen molar-refractivity contribution in [3.8, 4) is 0 Å². The predicted octanol–water partition coefficient (Wildman–Crippen LogP) is 4.66. The number of halogens is 2.